The van der Waals surface area contributed by atoms with Crippen LogP contribution in [0, 0.1) is 5.41 Å². The molecule has 3 rings (SSSR count). The van der Waals surface area contributed by atoms with Crippen LogP contribution in [0.2, 0.25) is 0 Å². The van der Waals surface area contributed by atoms with Gasteiger partial charge in [0.05, 0.1) is 18.9 Å². The predicted molar refractivity (Wildman–Crippen MR) is 66.8 cm³/mol. The molecule has 1 aromatic rings. The molecule has 0 spiro atoms. The third-order valence-electron chi connectivity index (χ3n) is 3.87. The molecule has 1 fully saturated rings. The van der Waals surface area contributed by atoms with Gasteiger partial charge in [0.25, 0.3) is 0 Å². The zero-order chi connectivity index (χ0) is 11.7. The van der Waals surface area contributed by atoms with Crippen LogP contribution in [0.25, 0.3) is 0 Å². The van der Waals surface area contributed by atoms with Crippen molar-refractivity contribution in [3.63, 3.8) is 0 Å². The lowest BCUT2D eigenvalue weighted by Crippen LogP contribution is -2.48. The molecule has 1 saturated heterocycles. The lowest BCUT2D eigenvalue weighted by atomic mass is 9.86. The Hall–Kier alpha value is -0.930. The summed E-state index contributed by atoms with van der Waals surface area (Å²) >= 11 is 0. The van der Waals surface area contributed by atoms with E-state index in [0.717, 1.165) is 19.8 Å². The van der Waals surface area contributed by atoms with E-state index in [-0.39, 0.29) is 0 Å². The van der Waals surface area contributed by atoms with Crippen LogP contribution in [-0.4, -0.2) is 24.7 Å². The smallest absolute Gasteiger partial charge is 0.0605 e. The average Bonchev–Trinajstić information content (AvgIpc) is 2.34. The number of fused-ring (bicyclic) bond motifs is 1. The number of hydrogen-bond donors (Lipinski definition) is 1. The Balaban J connectivity index is 1.68. The molecule has 0 amide bonds. The van der Waals surface area contributed by atoms with E-state index in [1.807, 2.05) is 12.3 Å². The molecule has 17 heavy (non-hydrogen) atoms. The van der Waals surface area contributed by atoms with Crippen molar-refractivity contribution >= 4 is 0 Å². The van der Waals surface area contributed by atoms with Crippen LogP contribution in [-0.2, 0) is 11.2 Å². The molecule has 1 aliphatic carbocycles. The quantitative estimate of drug-likeness (QED) is 0.866. The fourth-order valence-corrected chi connectivity index (χ4v) is 2.73. The minimum absolute atomic E-state index is 0.340. The summed E-state index contributed by atoms with van der Waals surface area (Å²) in [6.45, 7) is 5.10. The SMILES string of the molecule is CC1(CNC2CCCc3cccnc32)COC1. The topological polar surface area (TPSA) is 34.2 Å². The molecule has 0 bridgehead atoms. The number of ether oxygens (including phenoxy) is 1. The van der Waals surface area contributed by atoms with E-state index in [1.165, 1.54) is 30.5 Å². The third kappa shape index (κ3) is 2.22. The minimum atomic E-state index is 0.340. The molecular formula is C14H20N2O. The summed E-state index contributed by atoms with van der Waals surface area (Å²) in [5.74, 6) is 0. The summed E-state index contributed by atoms with van der Waals surface area (Å²) < 4.78 is 5.29. The molecule has 92 valence electrons. The first-order chi connectivity index (χ1) is 8.27. The van der Waals surface area contributed by atoms with Crippen molar-refractivity contribution in [2.24, 2.45) is 5.41 Å². The summed E-state index contributed by atoms with van der Waals surface area (Å²) in [7, 11) is 0. The van der Waals surface area contributed by atoms with Crippen LogP contribution in [0.15, 0.2) is 18.3 Å². The van der Waals surface area contributed by atoms with Crippen LogP contribution in [0.4, 0.5) is 0 Å². The summed E-state index contributed by atoms with van der Waals surface area (Å²) in [6, 6.07) is 4.70. The van der Waals surface area contributed by atoms with Gasteiger partial charge in [-0.2, -0.15) is 0 Å². The van der Waals surface area contributed by atoms with E-state index < -0.39 is 0 Å². The van der Waals surface area contributed by atoms with Gasteiger partial charge >= 0.3 is 0 Å². The fourth-order valence-electron chi connectivity index (χ4n) is 2.73. The Labute approximate surface area is 103 Å². The Morgan fingerprint density at radius 1 is 1.53 bits per heavy atom. The second-order valence-corrected chi connectivity index (χ2v) is 5.68. The molecule has 0 aromatic carbocycles. The van der Waals surface area contributed by atoms with Gasteiger partial charge < -0.3 is 10.1 Å². The molecule has 1 aliphatic heterocycles. The molecule has 1 aromatic heterocycles. The van der Waals surface area contributed by atoms with Crippen molar-refractivity contribution in [2.45, 2.75) is 32.2 Å². The van der Waals surface area contributed by atoms with Crippen LogP contribution < -0.4 is 5.32 Å². The molecule has 3 heteroatoms. The van der Waals surface area contributed by atoms with Gasteiger partial charge in [0.2, 0.25) is 0 Å². The van der Waals surface area contributed by atoms with E-state index in [2.05, 4.69) is 23.3 Å². The van der Waals surface area contributed by atoms with Crippen LogP contribution in [0.3, 0.4) is 0 Å². The maximum atomic E-state index is 5.29. The number of hydrogen-bond acceptors (Lipinski definition) is 3. The minimum Gasteiger partial charge on any atom is -0.380 e. The van der Waals surface area contributed by atoms with Gasteiger partial charge in [-0.25, -0.2) is 0 Å². The maximum absolute atomic E-state index is 5.29. The van der Waals surface area contributed by atoms with E-state index in [9.17, 15) is 0 Å². The standard InChI is InChI=1S/C14H20N2O/c1-14(9-17-10-14)8-16-12-6-2-4-11-5-3-7-15-13(11)12/h3,5,7,12,16H,2,4,6,8-10H2,1H3. The van der Waals surface area contributed by atoms with Gasteiger partial charge in [-0.1, -0.05) is 13.0 Å². The summed E-state index contributed by atoms with van der Waals surface area (Å²) in [5, 5.41) is 3.68. The second-order valence-electron chi connectivity index (χ2n) is 5.68. The first-order valence-electron chi connectivity index (χ1n) is 6.52. The first-order valence-corrected chi connectivity index (χ1v) is 6.52. The van der Waals surface area contributed by atoms with Crippen molar-refractivity contribution in [3.05, 3.63) is 29.6 Å². The molecular weight excluding hydrogens is 212 g/mol. The Bertz CT molecular complexity index is 401. The molecule has 1 atom stereocenters. The van der Waals surface area contributed by atoms with Crippen molar-refractivity contribution < 1.29 is 4.74 Å². The Kier molecular flexibility index (Phi) is 2.89. The van der Waals surface area contributed by atoms with E-state index in [4.69, 9.17) is 4.74 Å². The van der Waals surface area contributed by atoms with Gasteiger partial charge in [0, 0.05) is 24.2 Å². The van der Waals surface area contributed by atoms with Crippen molar-refractivity contribution in [3.8, 4) is 0 Å². The molecule has 2 aliphatic rings. The number of pyridine rings is 1. The van der Waals surface area contributed by atoms with Crippen LogP contribution >= 0.6 is 0 Å². The van der Waals surface area contributed by atoms with Gasteiger partial charge in [0.15, 0.2) is 0 Å². The highest BCUT2D eigenvalue weighted by molar-refractivity contribution is 5.25. The number of rotatable bonds is 3. The molecule has 0 radical (unpaired) electrons. The Morgan fingerprint density at radius 3 is 3.18 bits per heavy atom. The van der Waals surface area contributed by atoms with Crippen molar-refractivity contribution in [1.82, 2.24) is 10.3 Å². The normalized spacial score (nSPS) is 26.1. The lowest BCUT2D eigenvalue weighted by Gasteiger charge is -2.39. The Morgan fingerprint density at radius 2 is 2.41 bits per heavy atom. The summed E-state index contributed by atoms with van der Waals surface area (Å²) in [6.07, 6.45) is 5.57. The third-order valence-corrected chi connectivity index (χ3v) is 3.87. The van der Waals surface area contributed by atoms with Crippen molar-refractivity contribution in [1.29, 1.82) is 0 Å². The molecule has 3 nitrogen and oxygen atoms in total. The molecule has 1 N–H and O–H groups in total. The largest absolute Gasteiger partial charge is 0.380 e. The summed E-state index contributed by atoms with van der Waals surface area (Å²) in [5.41, 5.74) is 3.03. The highest BCUT2D eigenvalue weighted by Gasteiger charge is 2.34. The van der Waals surface area contributed by atoms with Gasteiger partial charge in [-0.15, -0.1) is 0 Å². The first kappa shape index (κ1) is 11.2. The van der Waals surface area contributed by atoms with Crippen LogP contribution in [0.5, 0.6) is 0 Å². The van der Waals surface area contributed by atoms with Crippen molar-refractivity contribution in [2.75, 3.05) is 19.8 Å². The zero-order valence-electron chi connectivity index (χ0n) is 10.4. The second kappa shape index (κ2) is 4.39. The monoisotopic (exact) mass is 232 g/mol. The predicted octanol–water partition coefficient (Wildman–Crippen LogP) is 2.09. The number of nitrogens with one attached hydrogen (secondary N) is 1. The molecule has 2 heterocycles. The van der Waals surface area contributed by atoms with Gasteiger partial charge in [-0.05, 0) is 30.9 Å². The summed E-state index contributed by atoms with van der Waals surface area (Å²) in [4.78, 5) is 4.55. The van der Waals surface area contributed by atoms with Gasteiger partial charge in [0.1, 0.15) is 0 Å². The van der Waals surface area contributed by atoms with E-state index in [1.54, 1.807) is 0 Å². The fraction of sp³-hybridized carbons (Fsp3) is 0.643. The highest BCUT2D eigenvalue weighted by Crippen LogP contribution is 2.30. The average molecular weight is 232 g/mol. The zero-order valence-corrected chi connectivity index (χ0v) is 10.4. The lowest BCUT2D eigenvalue weighted by molar-refractivity contribution is -0.100. The number of aryl methyl sites for hydroxylation is 1. The molecule has 1 unspecified atom stereocenters. The van der Waals surface area contributed by atoms with Gasteiger partial charge in [-0.3, -0.25) is 4.98 Å². The maximum Gasteiger partial charge on any atom is 0.0605 e. The van der Waals surface area contributed by atoms with E-state index >= 15 is 0 Å². The number of nitrogens with zero attached hydrogens (tertiary/aromatic N) is 1. The number of aromatic nitrogens is 1. The van der Waals surface area contributed by atoms with Crippen LogP contribution in [0.1, 0.15) is 37.1 Å². The molecule has 0 saturated carbocycles. The highest BCUT2D eigenvalue weighted by atomic mass is 16.5. The van der Waals surface area contributed by atoms with E-state index in [0.29, 0.717) is 11.5 Å².